The first-order chi connectivity index (χ1) is 6.47. The van der Waals surface area contributed by atoms with Gasteiger partial charge in [0.25, 0.3) is 0 Å². The lowest BCUT2D eigenvalue weighted by Gasteiger charge is -2.13. The van der Waals surface area contributed by atoms with Crippen molar-refractivity contribution in [3.05, 3.63) is 34.5 Å². The highest BCUT2D eigenvalue weighted by molar-refractivity contribution is 9.10. The summed E-state index contributed by atoms with van der Waals surface area (Å²) in [6.45, 7) is 3.86. The zero-order valence-electron chi connectivity index (χ0n) is 8.17. The Morgan fingerprint density at radius 2 is 2.00 bits per heavy atom. The maximum absolute atomic E-state index is 5.95. The molecule has 0 aliphatic rings. The molecule has 0 unspecified atom stereocenters. The lowest BCUT2D eigenvalue weighted by molar-refractivity contribution is 0.413. The summed E-state index contributed by atoms with van der Waals surface area (Å²) in [5, 5.41) is 1.08. The highest BCUT2D eigenvalue weighted by atomic mass is 79.9. The molecule has 0 bridgehead atoms. The van der Waals surface area contributed by atoms with Gasteiger partial charge in [-0.15, -0.1) is 0 Å². The van der Waals surface area contributed by atoms with Crippen molar-refractivity contribution in [3.63, 3.8) is 0 Å². The van der Waals surface area contributed by atoms with E-state index in [1.807, 2.05) is 38.1 Å². The van der Waals surface area contributed by atoms with Crippen LogP contribution in [-0.4, -0.2) is 0 Å². The minimum absolute atomic E-state index is 0.425. The van der Waals surface area contributed by atoms with E-state index in [2.05, 4.69) is 15.9 Å². The van der Waals surface area contributed by atoms with Crippen molar-refractivity contribution in [1.82, 2.24) is 0 Å². The van der Waals surface area contributed by atoms with Gasteiger partial charge in [0.05, 0.1) is 5.54 Å². The van der Waals surface area contributed by atoms with Gasteiger partial charge in [-0.1, -0.05) is 15.9 Å². The van der Waals surface area contributed by atoms with E-state index in [0.29, 0.717) is 0 Å². The van der Waals surface area contributed by atoms with Crippen LogP contribution in [0.25, 0.3) is 11.0 Å². The Labute approximate surface area is 91.2 Å². The van der Waals surface area contributed by atoms with Crippen molar-refractivity contribution in [2.45, 2.75) is 19.4 Å². The molecule has 2 nitrogen and oxygen atoms in total. The second kappa shape index (κ2) is 3.11. The minimum Gasteiger partial charge on any atom is -0.459 e. The molecule has 14 heavy (non-hydrogen) atoms. The highest BCUT2D eigenvalue weighted by Gasteiger charge is 2.19. The van der Waals surface area contributed by atoms with Crippen LogP contribution in [0.3, 0.4) is 0 Å². The van der Waals surface area contributed by atoms with Crippen molar-refractivity contribution in [3.8, 4) is 0 Å². The topological polar surface area (TPSA) is 39.2 Å². The molecule has 74 valence electrons. The predicted octanol–water partition coefficient (Wildman–Crippen LogP) is 3.39. The van der Waals surface area contributed by atoms with Crippen LogP contribution in [0.15, 0.2) is 33.2 Å². The Bertz CT molecular complexity index is 468. The monoisotopic (exact) mass is 253 g/mol. The molecule has 0 aliphatic heterocycles. The second-order valence-electron chi connectivity index (χ2n) is 4.01. The van der Waals surface area contributed by atoms with Crippen molar-refractivity contribution >= 4 is 26.9 Å². The van der Waals surface area contributed by atoms with Gasteiger partial charge in [-0.25, -0.2) is 0 Å². The van der Waals surface area contributed by atoms with Gasteiger partial charge < -0.3 is 10.2 Å². The third-order valence-corrected chi connectivity index (χ3v) is 2.61. The van der Waals surface area contributed by atoms with Gasteiger partial charge in [0.15, 0.2) is 0 Å². The van der Waals surface area contributed by atoms with Crippen LogP contribution in [0.2, 0.25) is 0 Å². The van der Waals surface area contributed by atoms with E-state index in [9.17, 15) is 0 Å². The number of furan rings is 1. The number of benzene rings is 1. The van der Waals surface area contributed by atoms with Gasteiger partial charge >= 0.3 is 0 Å². The fourth-order valence-electron chi connectivity index (χ4n) is 1.33. The van der Waals surface area contributed by atoms with Gasteiger partial charge in [-0.2, -0.15) is 0 Å². The average Bonchev–Trinajstić information content (AvgIpc) is 2.45. The fourth-order valence-corrected chi connectivity index (χ4v) is 1.71. The van der Waals surface area contributed by atoms with Crippen LogP contribution in [0.4, 0.5) is 0 Å². The predicted molar refractivity (Wildman–Crippen MR) is 61.1 cm³/mol. The van der Waals surface area contributed by atoms with E-state index < -0.39 is 5.54 Å². The van der Waals surface area contributed by atoms with E-state index in [0.717, 1.165) is 21.2 Å². The van der Waals surface area contributed by atoms with E-state index in [1.165, 1.54) is 0 Å². The molecule has 0 saturated heterocycles. The number of halogens is 1. The number of rotatable bonds is 1. The van der Waals surface area contributed by atoms with Crippen LogP contribution >= 0.6 is 15.9 Å². The summed E-state index contributed by atoms with van der Waals surface area (Å²) in [5.41, 5.74) is 6.40. The molecule has 0 saturated carbocycles. The second-order valence-corrected chi connectivity index (χ2v) is 4.93. The van der Waals surface area contributed by atoms with E-state index in [4.69, 9.17) is 10.2 Å². The van der Waals surface area contributed by atoms with Crippen molar-refractivity contribution < 1.29 is 4.42 Å². The van der Waals surface area contributed by atoms with E-state index in [1.54, 1.807) is 0 Å². The highest BCUT2D eigenvalue weighted by Crippen LogP contribution is 2.27. The number of fused-ring (bicyclic) bond motifs is 1. The zero-order chi connectivity index (χ0) is 10.3. The number of hydrogen-bond acceptors (Lipinski definition) is 2. The Kier molecular flexibility index (Phi) is 2.16. The van der Waals surface area contributed by atoms with Crippen LogP contribution in [0, 0.1) is 0 Å². The zero-order valence-corrected chi connectivity index (χ0v) is 9.76. The summed E-state index contributed by atoms with van der Waals surface area (Å²) in [6.07, 6.45) is 0. The number of nitrogens with two attached hydrogens (primary N) is 1. The Morgan fingerprint density at radius 3 is 2.64 bits per heavy atom. The van der Waals surface area contributed by atoms with Gasteiger partial charge in [-0.05, 0) is 38.1 Å². The summed E-state index contributed by atoms with van der Waals surface area (Å²) in [6, 6.07) is 7.90. The molecular formula is C11H12BrNO. The summed E-state index contributed by atoms with van der Waals surface area (Å²) in [5.74, 6) is 0.811. The van der Waals surface area contributed by atoms with Gasteiger partial charge in [0.2, 0.25) is 0 Å². The van der Waals surface area contributed by atoms with Crippen LogP contribution in [-0.2, 0) is 5.54 Å². The molecule has 0 fully saturated rings. The lowest BCUT2D eigenvalue weighted by Crippen LogP contribution is -2.27. The molecule has 0 spiro atoms. The molecule has 1 aromatic heterocycles. The molecule has 2 rings (SSSR count). The molecule has 3 heteroatoms. The van der Waals surface area contributed by atoms with Crippen molar-refractivity contribution in [1.29, 1.82) is 0 Å². The lowest BCUT2D eigenvalue weighted by atomic mass is 10.0. The van der Waals surface area contributed by atoms with E-state index in [-0.39, 0.29) is 0 Å². The summed E-state index contributed by atoms with van der Waals surface area (Å²) in [7, 11) is 0. The quantitative estimate of drug-likeness (QED) is 0.847. The smallest absolute Gasteiger partial charge is 0.134 e. The average molecular weight is 254 g/mol. The minimum atomic E-state index is -0.425. The molecule has 0 radical (unpaired) electrons. The first-order valence-electron chi connectivity index (χ1n) is 4.45. The molecule has 1 heterocycles. The number of hydrogen-bond donors (Lipinski definition) is 1. The molecule has 0 aliphatic carbocycles. The standard InChI is InChI=1S/C11H12BrNO/c1-11(2,13)10-6-7-5-8(12)3-4-9(7)14-10/h3-6H,13H2,1-2H3. The van der Waals surface area contributed by atoms with Crippen molar-refractivity contribution in [2.24, 2.45) is 5.73 Å². The molecule has 1 aromatic carbocycles. The molecule has 2 aromatic rings. The summed E-state index contributed by atoms with van der Waals surface area (Å²) < 4.78 is 6.69. The molecule has 2 N–H and O–H groups in total. The van der Waals surface area contributed by atoms with Crippen LogP contribution < -0.4 is 5.73 Å². The fraction of sp³-hybridized carbons (Fsp3) is 0.273. The van der Waals surface area contributed by atoms with Crippen LogP contribution in [0.1, 0.15) is 19.6 Å². The van der Waals surface area contributed by atoms with E-state index >= 15 is 0 Å². The summed E-state index contributed by atoms with van der Waals surface area (Å²) in [4.78, 5) is 0. The maximum Gasteiger partial charge on any atom is 0.134 e. The normalized spacial score (nSPS) is 12.3. The maximum atomic E-state index is 5.95. The van der Waals surface area contributed by atoms with Gasteiger partial charge in [0, 0.05) is 9.86 Å². The molecule has 0 atom stereocenters. The SMILES string of the molecule is CC(C)(N)c1cc2cc(Br)ccc2o1. The Balaban J connectivity index is 2.63. The molecular weight excluding hydrogens is 242 g/mol. The Hall–Kier alpha value is -0.800. The van der Waals surface area contributed by atoms with Crippen LogP contribution in [0.5, 0.6) is 0 Å². The van der Waals surface area contributed by atoms with Gasteiger partial charge in [-0.3, -0.25) is 0 Å². The van der Waals surface area contributed by atoms with Gasteiger partial charge in [0.1, 0.15) is 11.3 Å². The first-order valence-corrected chi connectivity index (χ1v) is 5.24. The largest absolute Gasteiger partial charge is 0.459 e. The third kappa shape index (κ3) is 1.70. The summed E-state index contributed by atoms with van der Waals surface area (Å²) >= 11 is 3.42. The van der Waals surface area contributed by atoms with Crippen molar-refractivity contribution in [2.75, 3.05) is 0 Å². The third-order valence-electron chi connectivity index (χ3n) is 2.11. The molecule has 0 amide bonds. The Morgan fingerprint density at radius 1 is 1.29 bits per heavy atom. The first kappa shape index (κ1) is 9.74.